The van der Waals surface area contributed by atoms with Crippen molar-refractivity contribution in [3.05, 3.63) is 35.4 Å². The molecule has 1 aromatic rings. The number of quaternary nitrogens is 1. The number of nitrogens with zero attached hydrogens (tertiary/aromatic N) is 3. The average Bonchev–Trinajstić information content (AvgIpc) is 2.72. The van der Waals surface area contributed by atoms with Crippen LogP contribution in [0.5, 0.6) is 11.5 Å². The Morgan fingerprint density at radius 1 is 1.19 bits per heavy atom. The van der Waals surface area contributed by atoms with Gasteiger partial charge in [0.1, 0.15) is 17.4 Å². The fourth-order valence-corrected chi connectivity index (χ4v) is 4.26. The van der Waals surface area contributed by atoms with Crippen LogP contribution in [0.4, 0.5) is 0 Å². The Morgan fingerprint density at radius 3 is 2.52 bits per heavy atom. The van der Waals surface area contributed by atoms with Crippen LogP contribution in [-0.2, 0) is 0 Å². The molecule has 1 aliphatic carbocycles. The zero-order valence-electron chi connectivity index (χ0n) is 15.2. The summed E-state index contributed by atoms with van der Waals surface area (Å²) in [4.78, 5) is 0. The molecular formula is C20H20N5O2+. The van der Waals surface area contributed by atoms with Gasteiger partial charge < -0.3 is 20.2 Å². The van der Waals surface area contributed by atoms with Crippen molar-refractivity contribution in [3.63, 3.8) is 0 Å². The van der Waals surface area contributed by atoms with E-state index in [0.29, 0.717) is 30.2 Å². The molecule has 0 unspecified atom stereocenters. The van der Waals surface area contributed by atoms with E-state index in [1.54, 1.807) is 25.3 Å². The molecule has 27 heavy (non-hydrogen) atoms. The molecule has 3 N–H and O–H groups in total. The molecule has 3 rings (SSSR count). The Morgan fingerprint density at radius 2 is 1.93 bits per heavy atom. The number of hydrogen-bond acceptors (Lipinski definition) is 6. The summed E-state index contributed by atoms with van der Waals surface area (Å²) in [5.74, 6) is -0.593. The van der Waals surface area contributed by atoms with Gasteiger partial charge in [-0.15, -0.1) is 0 Å². The number of nitrogens with one attached hydrogen (secondary N) is 1. The predicted octanol–water partition coefficient (Wildman–Crippen LogP) is 1.11. The van der Waals surface area contributed by atoms with Crippen molar-refractivity contribution in [2.45, 2.75) is 5.92 Å². The lowest BCUT2D eigenvalue weighted by Crippen LogP contribution is -2.87. The van der Waals surface area contributed by atoms with E-state index in [2.05, 4.69) is 23.5 Å². The standard InChI is InChI=1S/C20H19N5O2/c1-26-12-3-4-17(27-2)14(7-12)18-16-9-25-6-5-13(16)15(8-21)19(24)20(18,10-22)11-23/h3-5,7,15-16,18,24-25H,6,9H2,1-2H3/p+1/t15-,16+,18+/m1/s1. The van der Waals surface area contributed by atoms with E-state index in [1.807, 2.05) is 6.08 Å². The normalized spacial score (nSPS) is 25.8. The zero-order valence-corrected chi connectivity index (χ0v) is 15.2. The second-order valence-electron chi connectivity index (χ2n) is 6.66. The molecule has 0 bridgehead atoms. The van der Waals surface area contributed by atoms with Crippen molar-refractivity contribution in [2.75, 3.05) is 27.3 Å². The van der Waals surface area contributed by atoms with Gasteiger partial charge in [0.25, 0.3) is 0 Å². The van der Waals surface area contributed by atoms with Crippen LogP contribution in [0.2, 0.25) is 0 Å². The largest absolute Gasteiger partial charge is 0.497 e. The molecule has 0 amide bonds. The monoisotopic (exact) mass is 362 g/mol. The fraction of sp³-hybridized carbons (Fsp3) is 0.400. The fourth-order valence-electron chi connectivity index (χ4n) is 4.26. The number of ether oxygens (including phenoxy) is 2. The van der Waals surface area contributed by atoms with Crippen LogP contribution in [-0.4, -0.2) is 33.0 Å². The van der Waals surface area contributed by atoms with Crippen LogP contribution in [0.3, 0.4) is 0 Å². The van der Waals surface area contributed by atoms with Crippen LogP contribution in [0.1, 0.15) is 11.5 Å². The molecule has 1 aliphatic heterocycles. The number of nitrogens with two attached hydrogens (primary N) is 1. The Bertz CT molecular complexity index is 917. The second kappa shape index (κ2) is 7.11. The van der Waals surface area contributed by atoms with Crippen molar-refractivity contribution in [3.8, 4) is 29.7 Å². The van der Waals surface area contributed by atoms with Crippen molar-refractivity contribution < 1.29 is 14.8 Å². The summed E-state index contributed by atoms with van der Waals surface area (Å²) < 4.78 is 10.8. The van der Waals surface area contributed by atoms with E-state index in [4.69, 9.17) is 14.9 Å². The highest BCUT2D eigenvalue weighted by molar-refractivity contribution is 6.01. The first kappa shape index (κ1) is 18.5. The smallest absolute Gasteiger partial charge is 0.190 e. The zero-order chi connectivity index (χ0) is 19.6. The Labute approximate surface area is 157 Å². The molecule has 1 aromatic carbocycles. The first-order valence-electron chi connectivity index (χ1n) is 8.62. The molecule has 1 fully saturated rings. The first-order chi connectivity index (χ1) is 13.1. The number of nitriles is 3. The second-order valence-corrected chi connectivity index (χ2v) is 6.66. The lowest BCUT2D eigenvalue weighted by molar-refractivity contribution is -0.654. The van der Waals surface area contributed by atoms with Gasteiger partial charge in [0, 0.05) is 17.4 Å². The third-order valence-electron chi connectivity index (χ3n) is 5.54. The minimum atomic E-state index is -1.74. The lowest BCUT2D eigenvalue weighted by Gasteiger charge is -2.44. The minimum absolute atomic E-state index is 0.158. The van der Waals surface area contributed by atoms with E-state index >= 15 is 0 Å². The highest BCUT2D eigenvalue weighted by atomic mass is 16.5. The third kappa shape index (κ3) is 2.63. The Hall–Kier alpha value is -3.34. The first-order valence-corrected chi connectivity index (χ1v) is 8.62. The van der Waals surface area contributed by atoms with Gasteiger partial charge >= 0.3 is 0 Å². The number of rotatable bonds is 3. The maximum Gasteiger partial charge on any atom is 0.190 e. The summed E-state index contributed by atoms with van der Waals surface area (Å²) in [7, 11) is 3.07. The van der Waals surface area contributed by atoms with Crippen molar-refractivity contribution in [2.24, 2.45) is 17.3 Å². The van der Waals surface area contributed by atoms with E-state index in [0.717, 1.165) is 5.57 Å². The SMILES string of the molecule is COc1ccc(OC)c([C@H]2[C@H]3C[NH2+]CC=C3[C@@H](C#N)C(=N)C2(C#N)C#N)c1. The summed E-state index contributed by atoms with van der Waals surface area (Å²) in [6.45, 7) is 1.35. The maximum atomic E-state index is 10.0. The number of benzene rings is 1. The number of hydrogen-bond donors (Lipinski definition) is 2. The summed E-state index contributed by atoms with van der Waals surface area (Å²) in [6, 6.07) is 11.5. The molecule has 7 nitrogen and oxygen atoms in total. The van der Waals surface area contributed by atoms with Gasteiger partial charge in [-0.3, -0.25) is 0 Å². The topological polar surface area (TPSA) is 130 Å². The van der Waals surface area contributed by atoms with E-state index in [-0.39, 0.29) is 11.6 Å². The van der Waals surface area contributed by atoms with Gasteiger partial charge in [0.2, 0.25) is 0 Å². The average molecular weight is 362 g/mol. The highest BCUT2D eigenvalue weighted by Crippen LogP contribution is 2.54. The van der Waals surface area contributed by atoms with Gasteiger partial charge in [0.15, 0.2) is 5.41 Å². The molecule has 3 atom stereocenters. The van der Waals surface area contributed by atoms with Crippen LogP contribution >= 0.6 is 0 Å². The lowest BCUT2D eigenvalue weighted by atomic mass is 9.54. The van der Waals surface area contributed by atoms with Crippen LogP contribution in [0.25, 0.3) is 0 Å². The predicted molar refractivity (Wildman–Crippen MR) is 96.0 cm³/mol. The van der Waals surface area contributed by atoms with Crippen molar-refractivity contribution in [1.29, 1.82) is 21.2 Å². The summed E-state index contributed by atoms with van der Waals surface area (Å²) in [5.41, 5.74) is -0.435. The minimum Gasteiger partial charge on any atom is -0.497 e. The number of fused-ring (bicyclic) bond motifs is 1. The third-order valence-corrected chi connectivity index (χ3v) is 5.54. The molecule has 136 valence electrons. The molecule has 0 spiro atoms. The Kier molecular flexibility index (Phi) is 4.86. The van der Waals surface area contributed by atoms with Gasteiger partial charge in [0.05, 0.1) is 51.2 Å². The maximum absolute atomic E-state index is 10.0. The molecule has 7 heteroatoms. The van der Waals surface area contributed by atoms with Gasteiger partial charge in [-0.05, 0) is 29.8 Å². The summed E-state index contributed by atoms with van der Waals surface area (Å²) in [5, 5.41) is 40.4. The summed E-state index contributed by atoms with van der Waals surface area (Å²) in [6.07, 6.45) is 1.95. The van der Waals surface area contributed by atoms with Gasteiger partial charge in [-0.2, -0.15) is 15.8 Å². The van der Waals surface area contributed by atoms with Crippen LogP contribution in [0.15, 0.2) is 29.8 Å². The van der Waals surface area contributed by atoms with E-state index in [1.165, 1.54) is 7.11 Å². The van der Waals surface area contributed by atoms with Crippen LogP contribution < -0.4 is 14.8 Å². The highest BCUT2D eigenvalue weighted by Gasteiger charge is 2.58. The molecule has 0 radical (unpaired) electrons. The van der Waals surface area contributed by atoms with Gasteiger partial charge in [-0.25, -0.2) is 0 Å². The molecule has 1 saturated carbocycles. The molecule has 1 heterocycles. The van der Waals surface area contributed by atoms with E-state index in [9.17, 15) is 15.8 Å². The van der Waals surface area contributed by atoms with Crippen LogP contribution in [0, 0.1) is 56.7 Å². The van der Waals surface area contributed by atoms with Gasteiger partial charge in [-0.1, -0.05) is 0 Å². The molecule has 2 aliphatic rings. The quantitative estimate of drug-likeness (QED) is 0.778. The van der Waals surface area contributed by atoms with Crippen molar-refractivity contribution >= 4 is 5.71 Å². The molecule has 0 aromatic heterocycles. The molecular weight excluding hydrogens is 342 g/mol. The molecule has 0 saturated heterocycles. The Balaban J connectivity index is 2.32. The van der Waals surface area contributed by atoms with E-state index < -0.39 is 17.3 Å². The number of methoxy groups -OCH3 is 2. The van der Waals surface area contributed by atoms with Crippen molar-refractivity contribution in [1.82, 2.24) is 0 Å². The summed E-state index contributed by atoms with van der Waals surface area (Å²) >= 11 is 0.